The van der Waals surface area contributed by atoms with Crippen molar-refractivity contribution >= 4 is 11.7 Å². The summed E-state index contributed by atoms with van der Waals surface area (Å²) < 4.78 is 20.2. The summed E-state index contributed by atoms with van der Waals surface area (Å²) in [6.07, 6.45) is 0. The summed E-state index contributed by atoms with van der Waals surface area (Å²) in [5.74, 6) is -0.909. The third kappa shape index (κ3) is 3.04. The highest BCUT2D eigenvalue weighted by Crippen LogP contribution is 2.19. The molecule has 0 aliphatic rings. The highest BCUT2D eigenvalue weighted by molar-refractivity contribution is 5.90. The first-order chi connectivity index (χ1) is 9.93. The monoisotopic (exact) mass is 291 g/mol. The van der Waals surface area contributed by atoms with E-state index in [4.69, 9.17) is 0 Å². The first-order valence-corrected chi connectivity index (χ1v) is 6.55. The zero-order valence-corrected chi connectivity index (χ0v) is 12.5. The summed E-state index contributed by atoms with van der Waals surface area (Å²) in [6, 6.07) is 4.09. The molecule has 0 unspecified atom stereocenters. The molecule has 0 aliphatic carbocycles. The molecule has 1 N–H and O–H groups in total. The van der Waals surface area contributed by atoms with Gasteiger partial charge in [-0.3, -0.25) is 4.68 Å². The maximum Gasteiger partial charge on any atom is 0.337 e. The van der Waals surface area contributed by atoms with Crippen molar-refractivity contribution in [3.8, 4) is 0 Å². The molecule has 0 atom stereocenters. The molecule has 2 aromatic rings. The smallest absolute Gasteiger partial charge is 0.337 e. The number of carbonyl (C=O) groups is 1. The summed E-state index contributed by atoms with van der Waals surface area (Å²) in [7, 11) is 3.16. The van der Waals surface area contributed by atoms with Gasteiger partial charge in [-0.2, -0.15) is 5.10 Å². The Balaban J connectivity index is 2.21. The number of aromatic nitrogens is 2. The molecule has 1 aromatic heterocycles. The van der Waals surface area contributed by atoms with Crippen LogP contribution in [0, 0.1) is 19.7 Å². The number of ether oxygens (including phenoxy) is 1. The largest absolute Gasteiger partial charge is 0.465 e. The summed E-state index contributed by atoms with van der Waals surface area (Å²) in [5.41, 5.74) is 3.50. The van der Waals surface area contributed by atoms with Crippen LogP contribution in [0.25, 0.3) is 0 Å². The SMILES string of the molecule is COC(=O)c1ccc(F)c(NCc2c(C)nn(C)c2C)c1. The fourth-order valence-electron chi connectivity index (χ4n) is 2.16. The van der Waals surface area contributed by atoms with Crippen molar-refractivity contribution in [3.63, 3.8) is 0 Å². The average Bonchev–Trinajstić information content (AvgIpc) is 2.71. The molecule has 0 saturated carbocycles. The summed E-state index contributed by atoms with van der Waals surface area (Å²) in [4.78, 5) is 11.5. The van der Waals surface area contributed by atoms with E-state index in [1.54, 1.807) is 4.68 Å². The van der Waals surface area contributed by atoms with Crippen LogP contribution in [0.2, 0.25) is 0 Å². The van der Waals surface area contributed by atoms with Crippen LogP contribution >= 0.6 is 0 Å². The first kappa shape index (κ1) is 15.0. The molecular formula is C15H18FN3O2. The predicted molar refractivity (Wildman–Crippen MR) is 77.7 cm³/mol. The van der Waals surface area contributed by atoms with Gasteiger partial charge >= 0.3 is 5.97 Å². The lowest BCUT2D eigenvalue weighted by Crippen LogP contribution is -2.07. The third-order valence-electron chi connectivity index (χ3n) is 3.50. The van der Waals surface area contributed by atoms with Gasteiger partial charge in [0.05, 0.1) is 24.1 Å². The highest BCUT2D eigenvalue weighted by atomic mass is 19.1. The number of methoxy groups -OCH3 is 1. The molecule has 1 heterocycles. The van der Waals surface area contributed by atoms with Crippen LogP contribution in [-0.2, 0) is 18.3 Å². The van der Waals surface area contributed by atoms with Crippen molar-refractivity contribution in [3.05, 3.63) is 46.5 Å². The average molecular weight is 291 g/mol. The summed E-state index contributed by atoms with van der Waals surface area (Å²) >= 11 is 0. The van der Waals surface area contributed by atoms with E-state index in [0.717, 1.165) is 17.0 Å². The van der Waals surface area contributed by atoms with Gasteiger partial charge in [0.2, 0.25) is 0 Å². The second-order valence-corrected chi connectivity index (χ2v) is 4.81. The second kappa shape index (κ2) is 5.95. The fraction of sp³-hybridized carbons (Fsp3) is 0.333. The highest BCUT2D eigenvalue weighted by Gasteiger charge is 2.12. The Labute approximate surface area is 122 Å². The molecule has 0 radical (unpaired) electrons. The van der Waals surface area contributed by atoms with Gasteiger partial charge in [0.25, 0.3) is 0 Å². The van der Waals surface area contributed by atoms with E-state index in [2.05, 4.69) is 15.2 Å². The van der Waals surface area contributed by atoms with Crippen molar-refractivity contribution in [2.75, 3.05) is 12.4 Å². The number of hydrogen-bond donors (Lipinski definition) is 1. The van der Waals surface area contributed by atoms with Crippen LogP contribution in [0.3, 0.4) is 0 Å². The van der Waals surface area contributed by atoms with E-state index in [1.807, 2.05) is 20.9 Å². The fourth-order valence-corrected chi connectivity index (χ4v) is 2.16. The molecule has 0 spiro atoms. The number of benzene rings is 1. The zero-order chi connectivity index (χ0) is 15.6. The van der Waals surface area contributed by atoms with E-state index >= 15 is 0 Å². The van der Waals surface area contributed by atoms with Gasteiger partial charge in [0, 0.05) is 24.8 Å². The Morgan fingerprint density at radius 1 is 1.43 bits per heavy atom. The first-order valence-electron chi connectivity index (χ1n) is 6.55. The van der Waals surface area contributed by atoms with Crippen LogP contribution in [-0.4, -0.2) is 22.9 Å². The normalized spacial score (nSPS) is 10.5. The quantitative estimate of drug-likeness (QED) is 0.880. The lowest BCUT2D eigenvalue weighted by Gasteiger charge is -2.09. The number of carbonyl (C=O) groups excluding carboxylic acids is 1. The van der Waals surface area contributed by atoms with Gasteiger partial charge in [-0.05, 0) is 32.0 Å². The number of hydrogen-bond acceptors (Lipinski definition) is 4. The number of rotatable bonds is 4. The maximum absolute atomic E-state index is 13.8. The van der Waals surface area contributed by atoms with Crippen molar-refractivity contribution in [1.29, 1.82) is 0 Å². The number of halogens is 1. The molecule has 21 heavy (non-hydrogen) atoms. The minimum absolute atomic E-state index is 0.264. The molecule has 0 saturated heterocycles. The molecular weight excluding hydrogens is 273 g/mol. The van der Waals surface area contributed by atoms with Crippen LogP contribution in [0.15, 0.2) is 18.2 Å². The van der Waals surface area contributed by atoms with Gasteiger partial charge in [0.15, 0.2) is 0 Å². The van der Waals surface area contributed by atoms with Crippen molar-refractivity contribution < 1.29 is 13.9 Å². The molecule has 0 fully saturated rings. The van der Waals surface area contributed by atoms with Gasteiger partial charge in [-0.1, -0.05) is 0 Å². The zero-order valence-electron chi connectivity index (χ0n) is 12.5. The minimum Gasteiger partial charge on any atom is -0.465 e. The van der Waals surface area contributed by atoms with Gasteiger partial charge in [-0.25, -0.2) is 9.18 Å². The third-order valence-corrected chi connectivity index (χ3v) is 3.50. The van der Waals surface area contributed by atoms with Crippen LogP contribution in [0.5, 0.6) is 0 Å². The van der Waals surface area contributed by atoms with Crippen LogP contribution in [0.1, 0.15) is 27.3 Å². The maximum atomic E-state index is 13.8. The Morgan fingerprint density at radius 3 is 2.71 bits per heavy atom. The Morgan fingerprint density at radius 2 is 2.14 bits per heavy atom. The van der Waals surface area contributed by atoms with Gasteiger partial charge in [-0.15, -0.1) is 0 Å². The summed E-state index contributed by atoms with van der Waals surface area (Å²) in [5, 5.41) is 7.32. The van der Waals surface area contributed by atoms with Crippen LogP contribution in [0.4, 0.5) is 10.1 Å². The number of anilines is 1. The van der Waals surface area contributed by atoms with E-state index in [1.165, 1.54) is 25.3 Å². The van der Waals surface area contributed by atoms with Gasteiger partial charge in [0.1, 0.15) is 5.82 Å². The Kier molecular flexibility index (Phi) is 4.26. The molecule has 0 amide bonds. The van der Waals surface area contributed by atoms with E-state index in [-0.39, 0.29) is 5.69 Å². The lowest BCUT2D eigenvalue weighted by molar-refractivity contribution is 0.0600. The minimum atomic E-state index is -0.494. The summed E-state index contributed by atoms with van der Waals surface area (Å²) in [6.45, 7) is 4.30. The van der Waals surface area contributed by atoms with Crippen LogP contribution < -0.4 is 5.32 Å². The predicted octanol–water partition coefficient (Wildman–Crippen LogP) is 2.57. The molecule has 6 heteroatoms. The number of nitrogens with zero attached hydrogens (tertiary/aromatic N) is 2. The number of aryl methyl sites for hydroxylation is 2. The number of esters is 1. The molecule has 1 aromatic carbocycles. The van der Waals surface area contributed by atoms with E-state index in [9.17, 15) is 9.18 Å². The van der Waals surface area contributed by atoms with Crippen molar-refractivity contribution in [2.45, 2.75) is 20.4 Å². The van der Waals surface area contributed by atoms with Gasteiger partial charge < -0.3 is 10.1 Å². The molecule has 2 rings (SSSR count). The standard InChI is InChI=1S/C15H18FN3O2/c1-9-12(10(2)19(3)18-9)8-17-14-7-11(15(20)21-4)5-6-13(14)16/h5-7,17H,8H2,1-4H3. The second-order valence-electron chi connectivity index (χ2n) is 4.81. The Bertz CT molecular complexity index is 680. The lowest BCUT2D eigenvalue weighted by atomic mass is 10.1. The van der Waals surface area contributed by atoms with E-state index < -0.39 is 11.8 Å². The molecule has 0 aliphatic heterocycles. The molecule has 0 bridgehead atoms. The number of nitrogens with one attached hydrogen (secondary N) is 1. The topological polar surface area (TPSA) is 56.1 Å². The van der Waals surface area contributed by atoms with Crippen molar-refractivity contribution in [1.82, 2.24) is 9.78 Å². The molecule has 112 valence electrons. The Hall–Kier alpha value is -2.37. The van der Waals surface area contributed by atoms with E-state index in [0.29, 0.717) is 12.1 Å². The molecule has 5 nitrogen and oxygen atoms in total. The van der Waals surface area contributed by atoms with Crippen molar-refractivity contribution in [2.24, 2.45) is 7.05 Å².